The molecule has 1 saturated carbocycles. The lowest BCUT2D eigenvalue weighted by atomic mass is 9.92. The van der Waals surface area contributed by atoms with Crippen LogP contribution < -0.4 is 5.73 Å². The number of carbonyl (C=O) groups is 1. The van der Waals surface area contributed by atoms with Crippen LogP contribution >= 0.6 is 24.0 Å². The molecule has 114 valence electrons. The molecule has 0 radical (unpaired) electrons. The number of piperidine rings is 1. The van der Waals surface area contributed by atoms with Crippen molar-refractivity contribution in [1.29, 1.82) is 0 Å². The Morgan fingerprint density at radius 3 is 2.20 bits per heavy atom. The second-order valence-corrected chi connectivity index (χ2v) is 7.71. The first-order valence-corrected chi connectivity index (χ1v) is 9.36. The zero-order valence-corrected chi connectivity index (χ0v) is 14.0. The third kappa shape index (κ3) is 3.48. The van der Waals surface area contributed by atoms with Crippen molar-refractivity contribution < 1.29 is 4.79 Å². The number of likely N-dealkylation sites (tertiary alicyclic amines) is 1. The van der Waals surface area contributed by atoms with Gasteiger partial charge in [-0.3, -0.25) is 4.79 Å². The van der Waals surface area contributed by atoms with E-state index < -0.39 is 0 Å². The van der Waals surface area contributed by atoms with E-state index in [0.717, 1.165) is 38.8 Å². The van der Waals surface area contributed by atoms with Crippen molar-refractivity contribution in [1.82, 2.24) is 4.90 Å². The molecule has 1 saturated heterocycles. The fourth-order valence-corrected chi connectivity index (χ4v) is 4.67. The summed E-state index contributed by atoms with van der Waals surface area (Å²) in [5.41, 5.74) is 5.90. The van der Waals surface area contributed by atoms with E-state index in [1.54, 1.807) is 11.8 Å². The summed E-state index contributed by atoms with van der Waals surface area (Å²) in [6.45, 7) is 1.63. The highest BCUT2D eigenvalue weighted by atomic mass is 32.2. The molecule has 0 atom stereocenters. The quantitative estimate of drug-likeness (QED) is 0.642. The number of rotatable bonds is 3. The summed E-state index contributed by atoms with van der Waals surface area (Å²) in [6, 6.07) is 0. The van der Waals surface area contributed by atoms with Gasteiger partial charge in [-0.05, 0) is 31.9 Å². The molecule has 2 aliphatic rings. The summed E-state index contributed by atoms with van der Waals surface area (Å²) in [5.74, 6) is 0.647. The van der Waals surface area contributed by atoms with Crippen LogP contribution in [-0.2, 0) is 4.79 Å². The van der Waals surface area contributed by atoms with E-state index in [-0.39, 0.29) is 10.7 Å². The van der Waals surface area contributed by atoms with Crippen molar-refractivity contribution >= 4 is 34.9 Å². The van der Waals surface area contributed by atoms with Gasteiger partial charge < -0.3 is 10.6 Å². The lowest BCUT2D eigenvalue weighted by Gasteiger charge is -2.41. The number of amides is 1. The molecule has 1 aliphatic carbocycles. The molecule has 2 rings (SSSR count). The Labute approximate surface area is 132 Å². The molecule has 1 heterocycles. The molecule has 20 heavy (non-hydrogen) atoms. The molecule has 0 aromatic rings. The van der Waals surface area contributed by atoms with Gasteiger partial charge in [0.05, 0.1) is 9.74 Å². The minimum absolute atomic E-state index is 0.0877. The van der Waals surface area contributed by atoms with Gasteiger partial charge in [0.15, 0.2) is 0 Å². The van der Waals surface area contributed by atoms with Crippen LogP contribution in [0.2, 0.25) is 0 Å². The molecule has 0 bridgehead atoms. The largest absolute Gasteiger partial charge is 0.392 e. The van der Waals surface area contributed by atoms with Crippen molar-refractivity contribution in [3.8, 4) is 0 Å². The van der Waals surface area contributed by atoms with E-state index in [0.29, 0.717) is 10.9 Å². The average Bonchev–Trinajstić information content (AvgIpc) is 2.75. The molecule has 0 aromatic carbocycles. The number of hydrogen-bond acceptors (Lipinski definition) is 3. The summed E-state index contributed by atoms with van der Waals surface area (Å²) >= 11 is 6.98. The number of nitrogens with zero attached hydrogens (tertiary/aromatic N) is 1. The molecule has 1 amide bonds. The lowest BCUT2D eigenvalue weighted by molar-refractivity contribution is -0.136. The Kier molecular flexibility index (Phi) is 5.73. The van der Waals surface area contributed by atoms with Gasteiger partial charge in [-0.25, -0.2) is 0 Å². The normalized spacial score (nSPS) is 24.1. The van der Waals surface area contributed by atoms with Crippen LogP contribution in [0.4, 0.5) is 0 Å². The van der Waals surface area contributed by atoms with Crippen LogP contribution in [-0.4, -0.2) is 39.9 Å². The van der Waals surface area contributed by atoms with Crippen LogP contribution in [0, 0.1) is 5.92 Å². The van der Waals surface area contributed by atoms with Crippen molar-refractivity contribution in [2.24, 2.45) is 11.7 Å². The zero-order valence-electron chi connectivity index (χ0n) is 12.4. The van der Waals surface area contributed by atoms with E-state index in [4.69, 9.17) is 18.0 Å². The zero-order chi connectivity index (χ0) is 14.6. The number of hydrogen-bond donors (Lipinski definition) is 1. The van der Waals surface area contributed by atoms with E-state index in [1.165, 1.54) is 25.7 Å². The van der Waals surface area contributed by atoms with Gasteiger partial charge >= 0.3 is 0 Å². The molecule has 5 heteroatoms. The maximum atomic E-state index is 12.6. The van der Waals surface area contributed by atoms with Crippen LogP contribution in [0.25, 0.3) is 0 Å². The van der Waals surface area contributed by atoms with Gasteiger partial charge in [-0.2, -0.15) is 11.8 Å². The van der Waals surface area contributed by atoms with Crippen molar-refractivity contribution in [2.75, 3.05) is 19.3 Å². The summed E-state index contributed by atoms with van der Waals surface area (Å²) in [4.78, 5) is 15.3. The Morgan fingerprint density at radius 2 is 1.75 bits per heavy atom. The number of thiocarbonyl (C=S) groups is 1. The smallest absolute Gasteiger partial charge is 0.225 e. The third-order valence-corrected chi connectivity index (χ3v) is 6.86. The highest BCUT2D eigenvalue weighted by Gasteiger charge is 2.38. The van der Waals surface area contributed by atoms with Gasteiger partial charge in [0, 0.05) is 19.0 Å². The molecule has 2 fully saturated rings. The van der Waals surface area contributed by atoms with E-state index >= 15 is 0 Å². The number of nitrogens with two attached hydrogens (primary N) is 1. The van der Waals surface area contributed by atoms with Crippen molar-refractivity contribution in [3.05, 3.63) is 0 Å². The molecule has 0 unspecified atom stereocenters. The fraction of sp³-hybridized carbons (Fsp3) is 0.867. The van der Waals surface area contributed by atoms with E-state index in [9.17, 15) is 4.79 Å². The van der Waals surface area contributed by atoms with E-state index in [2.05, 4.69) is 11.2 Å². The minimum Gasteiger partial charge on any atom is -0.392 e. The molecule has 1 aliphatic heterocycles. The van der Waals surface area contributed by atoms with Crippen LogP contribution in [0.3, 0.4) is 0 Å². The standard InChI is InChI=1S/C15H26N2OS2/c1-20-15(14(16)19)8-10-17(11-9-15)13(18)12-6-4-2-3-5-7-12/h12H,2-11H2,1H3,(H2,16,19). The average molecular weight is 315 g/mol. The SMILES string of the molecule is CSC1(C(N)=S)CCN(C(=O)C2CCCCCC2)CC1. The first kappa shape index (κ1) is 16.1. The van der Waals surface area contributed by atoms with Crippen LogP contribution in [0.5, 0.6) is 0 Å². The fourth-order valence-electron chi connectivity index (χ4n) is 3.42. The molecular weight excluding hydrogens is 288 g/mol. The Morgan fingerprint density at radius 1 is 1.20 bits per heavy atom. The predicted octanol–water partition coefficient (Wildman–Crippen LogP) is 2.97. The lowest BCUT2D eigenvalue weighted by Crippen LogP contribution is -2.51. The molecular formula is C15H26N2OS2. The third-order valence-electron chi connectivity index (χ3n) is 4.93. The second-order valence-electron chi connectivity index (χ2n) is 6.08. The molecule has 2 N–H and O–H groups in total. The highest BCUT2D eigenvalue weighted by molar-refractivity contribution is 8.02. The Balaban J connectivity index is 1.92. The van der Waals surface area contributed by atoms with Gasteiger partial charge in [0.1, 0.15) is 0 Å². The van der Waals surface area contributed by atoms with Gasteiger partial charge in [-0.1, -0.05) is 37.9 Å². The van der Waals surface area contributed by atoms with Crippen molar-refractivity contribution in [2.45, 2.75) is 56.1 Å². The van der Waals surface area contributed by atoms with Crippen LogP contribution in [0.15, 0.2) is 0 Å². The number of carbonyl (C=O) groups excluding carboxylic acids is 1. The Hall–Kier alpha value is -0.290. The maximum absolute atomic E-state index is 12.6. The predicted molar refractivity (Wildman–Crippen MR) is 90.0 cm³/mol. The summed E-state index contributed by atoms with van der Waals surface area (Å²) in [5, 5.41) is 0. The van der Waals surface area contributed by atoms with E-state index in [1.807, 2.05) is 0 Å². The van der Waals surface area contributed by atoms with Gasteiger partial charge in [-0.15, -0.1) is 0 Å². The Bertz CT molecular complexity index is 357. The summed E-state index contributed by atoms with van der Waals surface area (Å²) in [7, 11) is 0. The van der Waals surface area contributed by atoms with Crippen LogP contribution in [0.1, 0.15) is 51.4 Å². The molecule has 0 aromatic heterocycles. The van der Waals surface area contributed by atoms with Gasteiger partial charge in [0.25, 0.3) is 0 Å². The second kappa shape index (κ2) is 7.12. The first-order chi connectivity index (χ1) is 9.59. The summed E-state index contributed by atoms with van der Waals surface area (Å²) < 4.78 is -0.0877. The topological polar surface area (TPSA) is 46.3 Å². The number of thioether (sulfide) groups is 1. The molecule has 3 nitrogen and oxygen atoms in total. The highest BCUT2D eigenvalue weighted by Crippen LogP contribution is 2.36. The molecule has 0 spiro atoms. The monoisotopic (exact) mass is 314 g/mol. The summed E-state index contributed by atoms with van der Waals surface area (Å²) in [6.07, 6.45) is 11.1. The minimum atomic E-state index is -0.0877. The van der Waals surface area contributed by atoms with Gasteiger partial charge in [0.2, 0.25) is 5.91 Å². The first-order valence-electron chi connectivity index (χ1n) is 7.73. The van der Waals surface area contributed by atoms with Crippen molar-refractivity contribution in [3.63, 3.8) is 0 Å². The maximum Gasteiger partial charge on any atom is 0.225 e.